The lowest BCUT2D eigenvalue weighted by molar-refractivity contribution is -0.141. The van der Waals surface area contributed by atoms with Gasteiger partial charge in [0.15, 0.2) is 5.69 Å². The van der Waals surface area contributed by atoms with Gasteiger partial charge in [-0.15, -0.1) is 0 Å². The summed E-state index contributed by atoms with van der Waals surface area (Å²) >= 11 is 0. The normalized spacial score (nSPS) is 24.2. The molecule has 1 aromatic heterocycles. The summed E-state index contributed by atoms with van der Waals surface area (Å²) in [5.74, 6) is 0. The lowest BCUT2D eigenvalue weighted by Crippen LogP contribution is -2.31. The van der Waals surface area contributed by atoms with Crippen LogP contribution in [0.2, 0.25) is 0 Å². The van der Waals surface area contributed by atoms with Crippen molar-refractivity contribution in [2.24, 2.45) is 0 Å². The SMILES string of the molecule is O=C(O)NC1CCC(n2ccc(C(F)(F)F)n2)C1. The number of hydrogen-bond donors (Lipinski definition) is 2. The van der Waals surface area contributed by atoms with Gasteiger partial charge in [-0.1, -0.05) is 0 Å². The smallest absolute Gasteiger partial charge is 0.435 e. The van der Waals surface area contributed by atoms with E-state index in [1.165, 1.54) is 10.9 Å². The zero-order chi connectivity index (χ0) is 13.3. The molecular weight excluding hydrogens is 251 g/mol. The van der Waals surface area contributed by atoms with E-state index in [1.807, 2.05) is 0 Å². The maximum atomic E-state index is 12.4. The Hall–Kier alpha value is -1.73. The number of hydrogen-bond acceptors (Lipinski definition) is 2. The van der Waals surface area contributed by atoms with Gasteiger partial charge in [0.05, 0.1) is 6.04 Å². The molecule has 0 bridgehead atoms. The van der Waals surface area contributed by atoms with Crippen LogP contribution in [0.25, 0.3) is 0 Å². The van der Waals surface area contributed by atoms with Crippen LogP contribution in [-0.4, -0.2) is 27.0 Å². The van der Waals surface area contributed by atoms with Gasteiger partial charge in [0.2, 0.25) is 0 Å². The minimum absolute atomic E-state index is 0.182. The lowest BCUT2D eigenvalue weighted by atomic mass is 10.2. The summed E-state index contributed by atoms with van der Waals surface area (Å²) in [6.45, 7) is 0. The number of carbonyl (C=O) groups is 1. The van der Waals surface area contributed by atoms with Crippen LogP contribution in [0, 0.1) is 0 Å². The molecule has 1 aromatic rings. The monoisotopic (exact) mass is 263 g/mol. The molecule has 1 fully saturated rings. The molecule has 0 aliphatic heterocycles. The molecule has 1 heterocycles. The topological polar surface area (TPSA) is 67.2 Å². The fourth-order valence-electron chi connectivity index (χ4n) is 2.20. The van der Waals surface area contributed by atoms with Crippen molar-refractivity contribution in [3.05, 3.63) is 18.0 Å². The van der Waals surface area contributed by atoms with Gasteiger partial charge in [-0.25, -0.2) is 4.79 Å². The summed E-state index contributed by atoms with van der Waals surface area (Å²) in [4.78, 5) is 10.5. The first kappa shape index (κ1) is 12.7. The molecule has 2 N–H and O–H groups in total. The average molecular weight is 263 g/mol. The van der Waals surface area contributed by atoms with E-state index in [0.717, 1.165) is 6.07 Å². The molecule has 1 saturated carbocycles. The van der Waals surface area contributed by atoms with Crippen molar-refractivity contribution in [1.29, 1.82) is 0 Å². The molecule has 2 rings (SSSR count). The number of aromatic nitrogens is 2. The first-order chi connectivity index (χ1) is 8.36. The number of nitrogens with one attached hydrogen (secondary N) is 1. The number of amides is 1. The Balaban J connectivity index is 2.01. The molecule has 1 aliphatic rings. The first-order valence-electron chi connectivity index (χ1n) is 5.48. The maximum absolute atomic E-state index is 12.4. The highest BCUT2D eigenvalue weighted by molar-refractivity contribution is 5.64. The standard InChI is InChI=1S/C10H12F3N3O2/c11-10(12,13)8-3-4-16(15-8)7-2-1-6(5-7)14-9(17)18/h3-4,6-7,14H,1-2,5H2,(H,17,18). The Kier molecular flexibility index (Phi) is 3.18. The van der Waals surface area contributed by atoms with Crippen molar-refractivity contribution >= 4 is 6.09 Å². The van der Waals surface area contributed by atoms with Crippen LogP contribution in [0.5, 0.6) is 0 Å². The Morgan fingerprint density at radius 2 is 2.22 bits per heavy atom. The van der Waals surface area contributed by atoms with Gasteiger partial charge in [0, 0.05) is 12.2 Å². The van der Waals surface area contributed by atoms with Crippen LogP contribution in [0.1, 0.15) is 31.0 Å². The van der Waals surface area contributed by atoms with Crippen molar-refractivity contribution in [1.82, 2.24) is 15.1 Å². The van der Waals surface area contributed by atoms with E-state index in [9.17, 15) is 18.0 Å². The summed E-state index contributed by atoms with van der Waals surface area (Å²) in [7, 11) is 0. The highest BCUT2D eigenvalue weighted by Gasteiger charge is 2.35. The van der Waals surface area contributed by atoms with Crippen LogP contribution in [0.15, 0.2) is 12.3 Å². The molecule has 0 spiro atoms. The van der Waals surface area contributed by atoms with E-state index >= 15 is 0 Å². The summed E-state index contributed by atoms with van der Waals surface area (Å²) in [5, 5.41) is 14.4. The third-order valence-electron chi connectivity index (χ3n) is 3.01. The van der Waals surface area contributed by atoms with Crippen LogP contribution < -0.4 is 5.32 Å². The maximum Gasteiger partial charge on any atom is 0.435 e. The van der Waals surface area contributed by atoms with Crippen molar-refractivity contribution in [2.45, 2.75) is 37.5 Å². The number of halogens is 3. The van der Waals surface area contributed by atoms with E-state index in [2.05, 4.69) is 10.4 Å². The summed E-state index contributed by atoms with van der Waals surface area (Å²) in [6, 6.07) is 0.529. The third-order valence-corrected chi connectivity index (χ3v) is 3.01. The predicted octanol–water partition coefficient (Wildman–Crippen LogP) is 2.26. The summed E-state index contributed by atoms with van der Waals surface area (Å²) in [6.07, 6.45) is -2.58. The Bertz CT molecular complexity index is 444. The highest BCUT2D eigenvalue weighted by Crippen LogP contribution is 2.32. The second kappa shape index (κ2) is 4.51. The molecule has 18 heavy (non-hydrogen) atoms. The Morgan fingerprint density at radius 3 is 2.78 bits per heavy atom. The number of rotatable bonds is 2. The number of alkyl halides is 3. The largest absolute Gasteiger partial charge is 0.465 e. The van der Waals surface area contributed by atoms with Gasteiger partial charge >= 0.3 is 12.3 Å². The van der Waals surface area contributed by atoms with Gasteiger partial charge in [-0.3, -0.25) is 4.68 Å². The first-order valence-corrected chi connectivity index (χ1v) is 5.48. The Labute approximate surface area is 101 Å². The molecule has 1 amide bonds. The molecule has 0 saturated heterocycles. The van der Waals surface area contributed by atoms with E-state index in [-0.39, 0.29) is 12.1 Å². The van der Waals surface area contributed by atoms with E-state index in [4.69, 9.17) is 5.11 Å². The summed E-state index contributed by atoms with van der Waals surface area (Å²) < 4.78 is 38.4. The van der Waals surface area contributed by atoms with Crippen molar-refractivity contribution in [3.63, 3.8) is 0 Å². The van der Waals surface area contributed by atoms with Gasteiger partial charge in [-0.05, 0) is 25.3 Å². The minimum Gasteiger partial charge on any atom is -0.465 e. The molecule has 0 aromatic carbocycles. The zero-order valence-corrected chi connectivity index (χ0v) is 9.31. The molecule has 100 valence electrons. The highest BCUT2D eigenvalue weighted by atomic mass is 19.4. The van der Waals surface area contributed by atoms with Crippen LogP contribution >= 0.6 is 0 Å². The van der Waals surface area contributed by atoms with Crippen LogP contribution in [0.3, 0.4) is 0 Å². The second-order valence-corrected chi connectivity index (χ2v) is 4.29. The predicted molar refractivity (Wildman–Crippen MR) is 55.1 cm³/mol. The molecular formula is C10H12F3N3O2. The van der Waals surface area contributed by atoms with Gasteiger partial charge in [0.25, 0.3) is 0 Å². The molecule has 0 radical (unpaired) electrons. The van der Waals surface area contributed by atoms with Gasteiger partial charge in [0.1, 0.15) is 0 Å². The van der Waals surface area contributed by atoms with E-state index < -0.39 is 18.0 Å². The van der Waals surface area contributed by atoms with Crippen LogP contribution in [-0.2, 0) is 6.18 Å². The van der Waals surface area contributed by atoms with Crippen LogP contribution in [0.4, 0.5) is 18.0 Å². The average Bonchev–Trinajstić information content (AvgIpc) is 2.81. The number of carboxylic acid groups (broad SMARTS) is 1. The minimum atomic E-state index is -4.44. The van der Waals surface area contributed by atoms with E-state index in [0.29, 0.717) is 19.3 Å². The van der Waals surface area contributed by atoms with Crippen molar-refractivity contribution < 1.29 is 23.1 Å². The number of nitrogens with zero attached hydrogens (tertiary/aromatic N) is 2. The lowest BCUT2D eigenvalue weighted by Gasteiger charge is -2.12. The van der Waals surface area contributed by atoms with E-state index in [1.54, 1.807) is 0 Å². The molecule has 8 heteroatoms. The fraction of sp³-hybridized carbons (Fsp3) is 0.600. The molecule has 2 atom stereocenters. The summed E-state index contributed by atoms with van der Waals surface area (Å²) in [5.41, 5.74) is -0.919. The zero-order valence-electron chi connectivity index (χ0n) is 9.31. The molecule has 1 aliphatic carbocycles. The quantitative estimate of drug-likeness (QED) is 0.860. The third kappa shape index (κ3) is 2.74. The fourth-order valence-corrected chi connectivity index (χ4v) is 2.20. The van der Waals surface area contributed by atoms with Crippen molar-refractivity contribution in [2.75, 3.05) is 0 Å². The van der Waals surface area contributed by atoms with Gasteiger partial charge in [-0.2, -0.15) is 18.3 Å². The van der Waals surface area contributed by atoms with Crippen molar-refractivity contribution in [3.8, 4) is 0 Å². The second-order valence-electron chi connectivity index (χ2n) is 4.29. The van der Waals surface area contributed by atoms with Gasteiger partial charge < -0.3 is 10.4 Å². The molecule has 2 unspecified atom stereocenters. The Morgan fingerprint density at radius 1 is 1.50 bits per heavy atom. The molecule has 5 nitrogen and oxygen atoms in total.